The lowest BCUT2D eigenvalue weighted by Gasteiger charge is -2.16. The van der Waals surface area contributed by atoms with Crippen molar-refractivity contribution in [2.24, 2.45) is 0 Å². The Kier molecular flexibility index (Phi) is 4.20. The van der Waals surface area contributed by atoms with Crippen LogP contribution in [0, 0.1) is 0 Å². The average molecular weight is 362 g/mol. The van der Waals surface area contributed by atoms with E-state index >= 15 is 0 Å². The van der Waals surface area contributed by atoms with Crippen molar-refractivity contribution in [1.29, 1.82) is 0 Å². The molecule has 1 saturated heterocycles. The Bertz CT molecular complexity index is 897. The normalized spacial score (nSPS) is 25.8. The Morgan fingerprint density at radius 2 is 2.12 bits per heavy atom. The van der Waals surface area contributed by atoms with Gasteiger partial charge >= 0.3 is 0 Å². The number of aliphatic hydroxyl groups excluding tert-OH is 3. The zero-order valence-corrected chi connectivity index (χ0v) is 13.6. The van der Waals surface area contributed by atoms with E-state index in [0.29, 0.717) is 23.5 Å². The van der Waals surface area contributed by atoms with Gasteiger partial charge in [0.05, 0.1) is 25.7 Å². The van der Waals surface area contributed by atoms with Gasteiger partial charge in [-0.05, 0) is 12.1 Å². The molecule has 26 heavy (non-hydrogen) atoms. The minimum Gasteiger partial charge on any atom is -0.467 e. The third-order valence-electron chi connectivity index (χ3n) is 4.24. The maximum absolute atomic E-state index is 10.2. The molecule has 0 spiro atoms. The Labute approximate surface area is 147 Å². The first-order chi connectivity index (χ1) is 12.6. The molecule has 11 heteroatoms. The van der Waals surface area contributed by atoms with Crippen LogP contribution in [0.4, 0.5) is 11.8 Å². The van der Waals surface area contributed by atoms with E-state index in [1.165, 1.54) is 10.9 Å². The summed E-state index contributed by atoms with van der Waals surface area (Å²) in [5.41, 5.74) is 6.62. The van der Waals surface area contributed by atoms with Crippen LogP contribution in [0.2, 0.25) is 0 Å². The molecular formula is C15H18N6O5. The number of nitrogens with two attached hydrogens (primary N) is 1. The molecule has 138 valence electrons. The summed E-state index contributed by atoms with van der Waals surface area (Å²) in [5, 5.41) is 32.4. The topological polar surface area (TPSA) is 165 Å². The number of ether oxygens (including phenoxy) is 1. The predicted octanol–water partition coefficient (Wildman–Crippen LogP) is -0.775. The van der Waals surface area contributed by atoms with Gasteiger partial charge in [-0.3, -0.25) is 4.57 Å². The predicted molar refractivity (Wildman–Crippen MR) is 88.8 cm³/mol. The van der Waals surface area contributed by atoms with Crippen LogP contribution in [-0.2, 0) is 11.3 Å². The van der Waals surface area contributed by atoms with E-state index in [1.54, 1.807) is 18.4 Å². The van der Waals surface area contributed by atoms with Crippen molar-refractivity contribution in [2.75, 3.05) is 17.7 Å². The first-order valence-electron chi connectivity index (χ1n) is 7.97. The SMILES string of the molecule is Nc1nc(NCc2ccco2)nc2c1ncn2C1O[C@H](CO)[C@@H](O)[C@H]1O. The van der Waals surface area contributed by atoms with Gasteiger partial charge in [0.2, 0.25) is 5.95 Å². The molecule has 4 heterocycles. The van der Waals surface area contributed by atoms with Gasteiger partial charge in [0, 0.05) is 0 Å². The second-order valence-electron chi connectivity index (χ2n) is 5.92. The fourth-order valence-corrected chi connectivity index (χ4v) is 2.89. The monoisotopic (exact) mass is 362 g/mol. The summed E-state index contributed by atoms with van der Waals surface area (Å²) in [5.74, 6) is 1.10. The molecule has 4 rings (SSSR count). The molecule has 1 aliphatic heterocycles. The highest BCUT2D eigenvalue weighted by Crippen LogP contribution is 2.32. The van der Waals surface area contributed by atoms with Crippen LogP contribution in [0.5, 0.6) is 0 Å². The van der Waals surface area contributed by atoms with Gasteiger partial charge in [-0.1, -0.05) is 0 Å². The van der Waals surface area contributed by atoms with Gasteiger partial charge in [0.1, 0.15) is 29.6 Å². The van der Waals surface area contributed by atoms with Crippen LogP contribution >= 0.6 is 0 Å². The maximum Gasteiger partial charge on any atom is 0.227 e. The van der Waals surface area contributed by atoms with Gasteiger partial charge < -0.3 is 35.5 Å². The molecule has 0 amide bonds. The van der Waals surface area contributed by atoms with E-state index in [-0.39, 0.29) is 11.8 Å². The number of imidazole rings is 1. The lowest BCUT2D eigenvalue weighted by Crippen LogP contribution is -2.33. The number of nitrogens with one attached hydrogen (secondary N) is 1. The molecule has 0 aliphatic carbocycles. The quantitative estimate of drug-likeness (QED) is 0.389. The summed E-state index contributed by atoms with van der Waals surface area (Å²) in [4.78, 5) is 12.7. The van der Waals surface area contributed by atoms with Crippen LogP contribution in [0.1, 0.15) is 12.0 Å². The van der Waals surface area contributed by atoms with Crippen molar-refractivity contribution in [3.63, 3.8) is 0 Å². The van der Waals surface area contributed by atoms with Crippen LogP contribution < -0.4 is 11.1 Å². The van der Waals surface area contributed by atoms with Crippen LogP contribution in [0.3, 0.4) is 0 Å². The summed E-state index contributed by atoms with van der Waals surface area (Å²) in [7, 11) is 0. The summed E-state index contributed by atoms with van der Waals surface area (Å²) in [6.07, 6.45) is -1.38. The number of furan rings is 1. The highest BCUT2D eigenvalue weighted by Gasteiger charge is 2.44. The van der Waals surface area contributed by atoms with Crippen LogP contribution in [0.25, 0.3) is 11.2 Å². The number of aromatic nitrogens is 4. The molecule has 0 saturated carbocycles. The van der Waals surface area contributed by atoms with E-state index in [1.807, 2.05) is 0 Å². The third-order valence-corrected chi connectivity index (χ3v) is 4.24. The second kappa shape index (κ2) is 6.53. The smallest absolute Gasteiger partial charge is 0.227 e. The highest BCUT2D eigenvalue weighted by atomic mass is 16.6. The van der Waals surface area contributed by atoms with Gasteiger partial charge in [-0.2, -0.15) is 9.97 Å². The molecular weight excluding hydrogens is 344 g/mol. The van der Waals surface area contributed by atoms with E-state index in [0.717, 1.165) is 0 Å². The zero-order chi connectivity index (χ0) is 18.3. The van der Waals surface area contributed by atoms with E-state index in [9.17, 15) is 15.3 Å². The van der Waals surface area contributed by atoms with Crippen molar-refractivity contribution in [2.45, 2.75) is 31.1 Å². The molecule has 6 N–H and O–H groups in total. The first kappa shape index (κ1) is 16.7. The summed E-state index contributed by atoms with van der Waals surface area (Å²) < 4.78 is 12.2. The molecule has 3 aromatic heterocycles. The molecule has 11 nitrogen and oxygen atoms in total. The van der Waals surface area contributed by atoms with E-state index in [4.69, 9.17) is 14.9 Å². The third kappa shape index (κ3) is 2.76. The number of aliphatic hydroxyl groups is 3. The Balaban J connectivity index is 1.66. The van der Waals surface area contributed by atoms with Crippen molar-refractivity contribution >= 4 is 22.9 Å². The minimum atomic E-state index is -1.25. The minimum absolute atomic E-state index is 0.155. The number of nitrogens with zero attached hydrogens (tertiary/aromatic N) is 4. The maximum atomic E-state index is 10.2. The van der Waals surface area contributed by atoms with Gasteiger partial charge in [-0.25, -0.2) is 4.98 Å². The molecule has 0 bridgehead atoms. The fraction of sp³-hybridized carbons (Fsp3) is 0.400. The van der Waals surface area contributed by atoms with Crippen molar-refractivity contribution in [3.8, 4) is 0 Å². The van der Waals surface area contributed by atoms with E-state index in [2.05, 4.69) is 20.3 Å². The number of hydrogen-bond acceptors (Lipinski definition) is 10. The number of hydrogen-bond donors (Lipinski definition) is 5. The average Bonchev–Trinajstić information content (AvgIpc) is 3.34. The van der Waals surface area contributed by atoms with Crippen LogP contribution in [-0.4, -0.2) is 59.8 Å². The molecule has 1 fully saturated rings. The lowest BCUT2D eigenvalue weighted by molar-refractivity contribution is -0.0511. The first-order valence-corrected chi connectivity index (χ1v) is 7.97. The summed E-state index contributed by atoms with van der Waals surface area (Å²) in [6, 6.07) is 3.57. The Morgan fingerprint density at radius 1 is 1.27 bits per heavy atom. The number of fused-ring (bicyclic) bond motifs is 1. The van der Waals surface area contributed by atoms with Gasteiger partial charge in [0.15, 0.2) is 17.7 Å². The molecule has 0 radical (unpaired) electrons. The van der Waals surface area contributed by atoms with Crippen molar-refractivity contribution in [1.82, 2.24) is 19.5 Å². The fourth-order valence-electron chi connectivity index (χ4n) is 2.89. The molecule has 1 aliphatic rings. The number of anilines is 2. The number of nitrogen functional groups attached to an aromatic ring is 1. The van der Waals surface area contributed by atoms with Gasteiger partial charge in [-0.15, -0.1) is 0 Å². The standard InChI is InChI=1S/C15H18N6O5/c16-12-9-13(20-15(19-12)17-4-7-2-1-3-25-7)21(6-18-9)14-11(24)10(23)8(5-22)26-14/h1-3,6,8,10-11,14,22-24H,4-5H2,(H3,16,17,19,20)/t8-,10-,11-,14?/m1/s1. The largest absolute Gasteiger partial charge is 0.467 e. The van der Waals surface area contributed by atoms with Gasteiger partial charge in [0.25, 0.3) is 0 Å². The Hall–Kier alpha value is -2.73. The highest BCUT2D eigenvalue weighted by molar-refractivity contribution is 5.83. The van der Waals surface area contributed by atoms with Crippen LogP contribution in [0.15, 0.2) is 29.1 Å². The lowest BCUT2D eigenvalue weighted by atomic mass is 10.1. The second-order valence-corrected chi connectivity index (χ2v) is 5.92. The zero-order valence-electron chi connectivity index (χ0n) is 13.6. The molecule has 4 atom stereocenters. The molecule has 3 aromatic rings. The Morgan fingerprint density at radius 3 is 2.81 bits per heavy atom. The molecule has 1 unspecified atom stereocenters. The molecule has 0 aromatic carbocycles. The summed E-state index contributed by atoms with van der Waals surface area (Å²) in [6.45, 7) is -0.0611. The van der Waals surface area contributed by atoms with E-state index < -0.39 is 31.1 Å². The number of rotatable bonds is 5. The van der Waals surface area contributed by atoms with Crippen molar-refractivity contribution < 1.29 is 24.5 Å². The van der Waals surface area contributed by atoms with Crippen molar-refractivity contribution in [3.05, 3.63) is 30.5 Å². The summed E-state index contributed by atoms with van der Waals surface area (Å²) >= 11 is 0.